The van der Waals surface area contributed by atoms with E-state index in [2.05, 4.69) is 14.7 Å². The quantitative estimate of drug-likeness (QED) is 0.737. The third-order valence-electron chi connectivity index (χ3n) is 2.99. The Labute approximate surface area is 122 Å². The molecule has 1 heterocycles. The number of H-pyrrole nitrogens is 1. The third-order valence-corrected chi connectivity index (χ3v) is 4.43. The fourth-order valence-corrected chi connectivity index (χ4v) is 3.07. The second-order valence-electron chi connectivity index (χ2n) is 4.56. The van der Waals surface area contributed by atoms with Gasteiger partial charge in [0.25, 0.3) is 0 Å². The number of sulfonamides is 1. The molecule has 8 heteroatoms. The first-order valence-electron chi connectivity index (χ1n) is 6.32. The molecule has 1 aromatic heterocycles. The fraction of sp³-hybridized carbons (Fsp3) is 0.308. The minimum absolute atomic E-state index is 0.0404. The van der Waals surface area contributed by atoms with Gasteiger partial charge in [0.2, 0.25) is 10.0 Å². The SMILES string of the molecule is Cc1cc(S(=O)(=O)NCCc2ncc[nH]2)cc(CO)c1F. The lowest BCUT2D eigenvalue weighted by molar-refractivity contribution is 0.275. The van der Waals surface area contributed by atoms with Crippen molar-refractivity contribution in [2.24, 2.45) is 0 Å². The van der Waals surface area contributed by atoms with E-state index in [1.165, 1.54) is 13.0 Å². The Morgan fingerprint density at radius 1 is 1.43 bits per heavy atom. The van der Waals surface area contributed by atoms with E-state index in [1.807, 2.05) is 0 Å². The summed E-state index contributed by atoms with van der Waals surface area (Å²) in [6.45, 7) is 1.07. The Morgan fingerprint density at radius 2 is 2.19 bits per heavy atom. The molecular formula is C13H16FN3O3S. The van der Waals surface area contributed by atoms with Gasteiger partial charge in [-0.3, -0.25) is 0 Å². The molecule has 0 saturated heterocycles. The van der Waals surface area contributed by atoms with Crippen molar-refractivity contribution >= 4 is 10.0 Å². The maximum absolute atomic E-state index is 13.6. The lowest BCUT2D eigenvalue weighted by Gasteiger charge is -2.10. The van der Waals surface area contributed by atoms with Gasteiger partial charge in [-0.05, 0) is 24.6 Å². The van der Waals surface area contributed by atoms with Crippen molar-refractivity contribution in [1.82, 2.24) is 14.7 Å². The van der Waals surface area contributed by atoms with Crippen LogP contribution in [0.25, 0.3) is 0 Å². The summed E-state index contributed by atoms with van der Waals surface area (Å²) in [6, 6.07) is 2.38. The molecule has 2 rings (SSSR count). The molecule has 114 valence electrons. The van der Waals surface area contributed by atoms with Gasteiger partial charge < -0.3 is 10.1 Å². The molecule has 0 aliphatic heterocycles. The molecule has 0 aliphatic rings. The number of aliphatic hydroxyl groups is 1. The highest BCUT2D eigenvalue weighted by molar-refractivity contribution is 7.89. The van der Waals surface area contributed by atoms with Crippen LogP contribution in [0.3, 0.4) is 0 Å². The average Bonchev–Trinajstić information content (AvgIpc) is 2.94. The Bertz CT molecular complexity index is 715. The predicted octanol–water partition coefficient (Wildman–Crippen LogP) is 0.871. The molecule has 0 radical (unpaired) electrons. The summed E-state index contributed by atoms with van der Waals surface area (Å²) in [5.41, 5.74) is 0.134. The first kappa shape index (κ1) is 15.6. The Morgan fingerprint density at radius 3 is 2.81 bits per heavy atom. The first-order chi connectivity index (χ1) is 9.94. The highest BCUT2D eigenvalue weighted by Crippen LogP contribution is 2.19. The van der Waals surface area contributed by atoms with Gasteiger partial charge in [0.1, 0.15) is 11.6 Å². The zero-order valence-corrected chi connectivity index (χ0v) is 12.2. The van der Waals surface area contributed by atoms with E-state index >= 15 is 0 Å². The number of nitrogens with zero attached hydrogens (tertiary/aromatic N) is 1. The molecule has 0 bridgehead atoms. The van der Waals surface area contributed by atoms with Gasteiger partial charge in [0, 0.05) is 30.9 Å². The number of hydrogen-bond donors (Lipinski definition) is 3. The summed E-state index contributed by atoms with van der Waals surface area (Å²) in [6.07, 6.45) is 3.65. The summed E-state index contributed by atoms with van der Waals surface area (Å²) in [5.74, 6) is 0.0797. The maximum atomic E-state index is 13.6. The molecule has 0 aliphatic carbocycles. The molecule has 1 aromatic carbocycles. The van der Waals surface area contributed by atoms with Crippen LogP contribution in [0.15, 0.2) is 29.4 Å². The van der Waals surface area contributed by atoms with E-state index in [0.29, 0.717) is 12.2 Å². The van der Waals surface area contributed by atoms with Crippen molar-refractivity contribution in [1.29, 1.82) is 0 Å². The van der Waals surface area contributed by atoms with E-state index in [9.17, 15) is 12.8 Å². The van der Waals surface area contributed by atoms with Crippen LogP contribution in [0.2, 0.25) is 0 Å². The summed E-state index contributed by atoms with van der Waals surface area (Å²) in [5, 5.41) is 9.07. The van der Waals surface area contributed by atoms with Crippen LogP contribution in [0.4, 0.5) is 4.39 Å². The number of halogens is 1. The molecule has 0 amide bonds. The molecule has 0 atom stereocenters. The molecule has 0 spiro atoms. The van der Waals surface area contributed by atoms with Crippen LogP contribution in [0, 0.1) is 12.7 Å². The fourth-order valence-electron chi connectivity index (χ4n) is 1.90. The second kappa shape index (κ2) is 6.33. The molecule has 0 fully saturated rings. The maximum Gasteiger partial charge on any atom is 0.240 e. The number of hydrogen-bond acceptors (Lipinski definition) is 4. The van der Waals surface area contributed by atoms with Crippen LogP contribution in [0.1, 0.15) is 17.0 Å². The van der Waals surface area contributed by atoms with Gasteiger partial charge in [-0.1, -0.05) is 0 Å². The number of benzene rings is 1. The largest absolute Gasteiger partial charge is 0.392 e. The van der Waals surface area contributed by atoms with Crippen LogP contribution < -0.4 is 4.72 Å². The minimum Gasteiger partial charge on any atom is -0.392 e. The van der Waals surface area contributed by atoms with Crippen molar-refractivity contribution < 1.29 is 17.9 Å². The lowest BCUT2D eigenvalue weighted by atomic mass is 10.1. The summed E-state index contributed by atoms with van der Waals surface area (Å²) >= 11 is 0. The Kier molecular flexibility index (Phi) is 4.71. The molecule has 21 heavy (non-hydrogen) atoms. The van der Waals surface area contributed by atoms with Crippen LogP contribution >= 0.6 is 0 Å². The highest BCUT2D eigenvalue weighted by Gasteiger charge is 2.17. The summed E-state index contributed by atoms with van der Waals surface area (Å²) in [4.78, 5) is 6.79. The topological polar surface area (TPSA) is 95.1 Å². The zero-order valence-electron chi connectivity index (χ0n) is 11.4. The number of aliphatic hydroxyl groups excluding tert-OH is 1. The monoisotopic (exact) mass is 313 g/mol. The smallest absolute Gasteiger partial charge is 0.240 e. The number of imidazole rings is 1. The van der Waals surface area contributed by atoms with E-state index in [4.69, 9.17) is 5.11 Å². The summed E-state index contributed by atoms with van der Waals surface area (Å²) in [7, 11) is -3.75. The Balaban J connectivity index is 2.13. The number of aromatic nitrogens is 2. The molecule has 2 aromatic rings. The normalized spacial score (nSPS) is 11.8. The van der Waals surface area contributed by atoms with Crippen LogP contribution in [0.5, 0.6) is 0 Å². The van der Waals surface area contributed by atoms with Crippen molar-refractivity contribution in [2.75, 3.05) is 6.54 Å². The number of rotatable bonds is 6. The molecule has 0 unspecified atom stereocenters. The summed E-state index contributed by atoms with van der Waals surface area (Å²) < 4.78 is 40.3. The van der Waals surface area contributed by atoms with Crippen LogP contribution in [-0.2, 0) is 23.1 Å². The standard InChI is InChI=1S/C13H16FN3O3S/c1-9-6-11(7-10(8-18)13(9)14)21(19,20)17-3-2-12-15-4-5-16-12/h4-7,17-18H,2-3,8H2,1H3,(H,15,16). The Hall–Kier alpha value is -1.77. The minimum atomic E-state index is -3.75. The predicted molar refractivity (Wildman–Crippen MR) is 74.5 cm³/mol. The average molecular weight is 313 g/mol. The molecule has 3 N–H and O–H groups in total. The van der Waals surface area contributed by atoms with E-state index in [-0.39, 0.29) is 22.6 Å². The van der Waals surface area contributed by atoms with Crippen LogP contribution in [-0.4, -0.2) is 30.0 Å². The van der Waals surface area contributed by atoms with E-state index < -0.39 is 22.4 Å². The molecule has 0 saturated carbocycles. The second-order valence-corrected chi connectivity index (χ2v) is 6.32. The molecule has 6 nitrogen and oxygen atoms in total. The van der Waals surface area contributed by atoms with Crippen molar-refractivity contribution in [2.45, 2.75) is 24.8 Å². The van der Waals surface area contributed by atoms with Gasteiger partial charge in [-0.15, -0.1) is 0 Å². The number of aromatic amines is 1. The number of aryl methyl sites for hydroxylation is 1. The highest BCUT2D eigenvalue weighted by atomic mass is 32.2. The van der Waals surface area contributed by atoms with Crippen molar-refractivity contribution in [3.8, 4) is 0 Å². The van der Waals surface area contributed by atoms with Gasteiger partial charge in [0.05, 0.1) is 11.5 Å². The van der Waals surface area contributed by atoms with Crippen molar-refractivity contribution in [3.63, 3.8) is 0 Å². The first-order valence-corrected chi connectivity index (χ1v) is 7.80. The third kappa shape index (κ3) is 3.66. The lowest BCUT2D eigenvalue weighted by Crippen LogP contribution is -2.26. The van der Waals surface area contributed by atoms with E-state index in [1.54, 1.807) is 12.4 Å². The van der Waals surface area contributed by atoms with Crippen molar-refractivity contribution in [3.05, 3.63) is 47.3 Å². The van der Waals surface area contributed by atoms with Gasteiger partial charge in [-0.2, -0.15) is 0 Å². The zero-order chi connectivity index (χ0) is 15.5. The molecular weight excluding hydrogens is 297 g/mol. The van der Waals surface area contributed by atoms with Gasteiger partial charge in [-0.25, -0.2) is 22.5 Å². The van der Waals surface area contributed by atoms with Gasteiger partial charge in [0.15, 0.2) is 0 Å². The van der Waals surface area contributed by atoms with E-state index in [0.717, 1.165) is 6.07 Å². The number of nitrogens with one attached hydrogen (secondary N) is 2. The van der Waals surface area contributed by atoms with Gasteiger partial charge >= 0.3 is 0 Å².